The third-order valence-corrected chi connectivity index (χ3v) is 5.76. The van der Waals surface area contributed by atoms with Crippen LogP contribution in [0.25, 0.3) is 0 Å². The van der Waals surface area contributed by atoms with Crippen LogP contribution in [0.3, 0.4) is 0 Å². The Balaban J connectivity index is 1.67. The maximum absolute atomic E-state index is 12.5. The highest BCUT2D eigenvalue weighted by Crippen LogP contribution is 2.34. The lowest BCUT2D eigenvalue weighted by molar-refractivity contribution is -0.113. The van der Waals surface area contributed by atoms with E-state index in [0.29, 0.717) is 29.6 Å². The van der Waals surface area contributed by atoms with Gasteiger partial charge in [0.1, 0.15) is 17.3 Å². The van der Waals surface area contributed by atoms with Gasteiger partial charge in [-0.3, -0.25) is 4.79 Å². The van der Waals surface area contributed by atoms with Crippen molar-refractivity contribution >= 4 is 23.4 Å². The molecule has 0 radical (unpaired) electrons. The van der Waals surface area contributed by atoms with Gasteiger partial charge in [0, 0.05) is 18.5 Å². The minimum absolute atomic E-state index is 0.146. The number of nitrogens with one attached hydrogen (secondary N) is 1. The van der Waals surface area contributed by atoms with Crippen LogP contribution in [0.15, 0.2) is 36.0 Å². The fourth-order valence-electron chi connectivity index (χ4n) is 3.42. The van der Waals surface area contributed by atoms with Gasteiger partial charge in [-0.05, 0) is 25.0 Å². The molecule has 1 aromatic carbocycles. The molecule has 0 unspecified atom stereocenters. The average molecular weight is 403 g/mol. The number of carbonyl (C=O) groups is 1. The zero-order valence-electron chi connectivity index (χ0n) is 16.3. The zero-order valence-corrected chi connectivity index (χ0v) is 17.1. The fraction of sp³-hybridized carbons (Fsp3) is 0.450. The van der Waals surface area contributed by atoms with Gasteiger partial charge in [0.2, 0.25) is 5.91 Å². The van der Waals surface area contributed by atoms with Crippen molar-refractivity contribution < 1.29 is 14.3 Å². The quantitative estimate of drug-likeness (QED) is 0.507. The molecule has 28 heavy (non-hydrogen) atoms. The van der Waals surface area contributed by atoms with Gasteiger partial charge >= 0.3 is 0 Å². The molecule has 1 fully saturated rings. The van der Waals surface area contributed by atoms with Crippen molar-refractivity contribution in [3.8, 4) is 11.5 Å². The average Bonchev–Trinajstić information content (AvgIpc) is 3.36. The molecule has 3 rings (SSSR count). The molecule has 8 heteroatoms. The van der Waals surface area contributed by atoms with Crippen molar-refractivity contribution in [3.63, 3.8) is 0 Å². The number of carbonyl (C=O) groups excluding carboxylic acids is 1. The van der Waals surface area contributed by atoms with Gasteiger partial charge in [-0.2, -0.15) is 0 Å². The first-order valence-electron chi connectivity index (χ1n) is 9.35. The Bertz CT molecular complexity index is 831. The number of ether oxygens (including phenoxy) is 2. The monoisotopic (exact) mass is 402 g/mol. The van der Waals surface area contributed by atoms with Crippen LogP contribution in [0.1, 0.15) is 37.4 Å². The van der Waals surface area contributed by atoms with Gasteiger partial charge in [0.05, 0.1) is 25.7 Å². The Morgan fingerprint density at radius 2 is 2.11 bits per heavy atom. The molecule has 2 aromatic rings. The summed E-state index contributed by atoms with van der Waals surface area (Å²) < 4.78 is 12.6. The van der Waals surface area contributed by atoms with Crippen molar-refractivity contribution in [1.82, 2.24) is 14.8 Å². The van der Waals surface area contributed by atoms with E-state index in [-0.39, 0.29) is 11.7 Å². The summed E-state index contributed by atoms with van der Waals surface area (Å²) >= 11 is 1.37. The topological polar surface area (TPSA) is 78.3 Å². The number of allylic oxidation sites excluding steroid dienone is 1. The fourth-order valence-corrected chi connectivity index (χ4v) is 4.18. The predicted molar refractivity (Wildman–Crippen MR) is 110 cm³/mol. The molecule has 1 aliphatic rings. The van der Waals surface area contributed by atoms with Crippen LogP contribution in [0.5, 0.6) is 11.5 Å². The van der Waals surface area contributed by atoms with E-state index < -0.39 is 0 Å². The normalized spacial score (nSPS) is 14.1. The SMILES string of the molecule is C=CCn1c(SCC(=O)Nc2cc(OC)ccc2OC)nnc1C1CCCC1. The highest BCUT2D eigenvalue weighted by atomic mass is 32.2. The largest absolute Gasteiger partial charge is 0.497 e. The number of amides is 1. The molecule has 0 spiro atoms. The van der Waals surface area contributed by atoms with Crippen LogP contribution in [-0.2, 0) is 11.3 Å². The lowest BCUT2D eigenvalue weighted by Crippen LogP contribution is -2.15. The smallest absolute Gasteiger partial charge is 0.234 e. The highest BCUT2D eigenvalue weighted by Gasteiger charge is 2.24. The molecule has 1 N–H and O–H groups in total. The van der Waals surface area contributed by atoms with E-state index in [2.05, 4.69) is 26.7 Å². The molecule has 1 saturated carbocycles. The molecule has 0 bridgehead atoms. The van der Waals surface area contributed by atoms with E-state index in [1.807, 2.05) is 6.08 Å². The molecule has 7 nitrogen and oxygen atoms in total. The summed E-state index contributed by atoms with van der Waals surface area (Å²) in [7, 11) is 3.14. The minimum atomic E-state index is -0.146. The summed E-state index contributed by atoms with van der Waals surface area (Å²) in [5.41, 5.74) is 0.576. The van der Waals surface area contributed by atoms with Gasteiger partial charge in [-0.15, -0.1) is 16.8 Å². The lowest BCUT2D eigenvalue weighted by atomic mass is 10.1. The second-order valence-corrected chi connectivity index (χ2v) is 7.57. The second kappa shape index (κ2) is 9.64. The van der Waals surface area contributed by atoms with E-state index >= 15 is 0 Å². The molecule has 1 aliphatic carbocycles. The van der Waals surface area contributed by atoms with E-state index in [9.17, 15) is 4.79 Å². The van der Waals surface area contributed by atoms with Gasteiger partial charge < -0.3 is 19.4 Å². The number of methoxy groups -OCH3 is 2. The highest BCUT2D eigenvalue weighted by molar-refractivity contribution is 7.99. The van der Waals surface area contributed by atoms with Gasteiger partial charge in [-0.25, -0.2) is 0 Å². The van der Waals surface area contributed by atoms with E-state index in [1.165, 1.54) is 24.6 Å². The van der Waals surface area contributed by atoms with Crippen molar-refractivity contribution in [2.75, 3.05) is 25.3 Å². The first kappa shape index (κ1) is 20.3. The Hall–Kier alpha value is -2.48. The summed E-state index contributed by atoms with van der Waals surface area (Å²) in [6.45, 7) is 4.49. The minimum Gasteiger partial charge on any atom is -0.497 e. The standard InChI is InChI=1S/C20H26N4O3S/c1-4-11-24-19(14-7-5-6-8-14)22-23-20(24)28-13-18(25)21-16-12-15(26-2)9-10-17(16)27-3/h4,9-10,12,14H,1,5-8,11,13H2,2-3H3,(H,21,25). The predicted octanol–water partition coefficient (Wildman–Crippen LogP) is 3.87. The van der Waals surface area contributed by atoms with Crippen LogP contribution >= 0.6 is 11.8 Å². The number of hydrogen-bond donors (Lipinski definition) is 1. The van der Waals surface area contributed by atoms with Crippen LogP contribution in [0.4, 0.5) is 5.69 Å². The Labute approximate surface area is 169 Å². The number of benzene rings is 1. The number of aromatic nitrogens is 3. The van der Waals surface area contributed by atoms with E-state index in [4.69, 9.17) is 9.47 Å². The van der Waals surface area contributed by atoms with Crippen LogP contribution in [-0.4, -0.2) is 40.6 Å². The molecule has 0 saturated heterocycles. The molecule has 0 aliphatic heterocycles. The first-order valence-corrected chi connectivity index (χ1v) is 10.3. The molecular formula is C20H26N4O3S. The summed E-state index contributed by atoms with van der Waals surface area (Å²) in [5.74, 6) is 2.77. The summed E-state index contributed by atoms with van der Waals surface area (Å²) in [6.07, 6.45) is 6.61. The Morgan fingerprint density at radius 1 is 1.32 bits per heavy atom. The number of hydrogen-bond acceptors (Lipinski definition) is 6. The summed E-state index contributed by atoms with van der Waals surface area (Å²) in [5, 5.41) is 12.4. The molecule has 1 aromatic heterocycles. The summed E-state index contributed by atoms with van der Waals surface area (Å²) in [6, 6.07) is 5.28. The molecule has 1 heterocycles. The van der Waals surface area contributed by atoms with Crippen LogP contribution in [0.2, 0.25) is 0 Å². The van der Waals surface area contributed by atoms with Crippen molar-refractivity contribution in [2.45, 2.75) is 43.3 Å². The maximum atomic E-state index is 12.5. The summed E-state index contributed by atoms with van der Waals surface area (Å²) in [4.78, 5) is 12.5. The van der Waals surface area contributed by atoms with Gasteiger partial charge in [0.15, 0.2) is 5.16 Å². The van der Waals surface area contributed by atoms with Gasteiger partial charge in [0.25, 0.3) is 0 Å². The first-order chi connectivity index (χ1) is 13.7. The number of thioether (sulfide) groups is 1. The van der Waals surface area contributed by atoms with E-state index in [0.717, 1.165) is 23.8 Å². The molecule has 150 valence electrons. The molecular weight excluding hydrogens is 376 g/mol. The number of anilines is 1. The van der Waals surface area contributed by atoms with Crippen LogP contribution < -0.4 is 14.8 Å². The number of nitrogens with zero attached hydrogens (tertiary/aromatic N) is 3. The third kappa shape index (κ3) is 4.67. The van der Waals surface area contributed by atoms with Crippen molar-refractivity contribution in [1.29, 1.82) is 0 Å². The Morgan fingerprint density at radius 3 is 2.79 bits per heavy atom. The second-order valence-electron chi connectivity index (χ2n) is 6.62. The number of rotatable bonds is 9. The van der Waals surface area contributed by atoms with Gasteiger partial charge in [-0.1, -0.05) is 30.7 Å². The molecule has 1 amide bonds. The third-order valence-electron chi connectivity index (χ3n) is 4.79. The Kier molecular flexibility index (Phi) is 6.97. The van der Waals surface area contributed by atoms with Crippen molar-refractivity contribution in [3.05, 3.63) is 36.7 Å². The van der Waals surface area contributed by atoms with Crippen molar-refractivity contribution in [2.24, 2.45) is 0 Å². The maximum Gasteiger partial charge on any atom is 0.234 e. The zero-order chi connectivity index (χ0) is 19.9. The van der Waals surface area contributed by atoms with Crippen LogP contribution in [0, 0.1) is 0 Å². The molecule has 0 atom stereocenters. The lowest BCUT2D eigenvalue weighted by Gasteiger charge is -2.13. The van der Waals surface area contributed by atoms with E-state index in [1.54, 1.807) is 32.4 Å².